The molecule has 1 aromatic rings. The van der Waals surface area contributed by atoms with Crippen molar-refractivity contribution in [2.24, 2.45) is 5.92 Å². The largest absolute Gasteiger partial charge is 0.388 e. The van der Waals surface area contributed by atoms with Crippen LogP contribution in [0.2, 0.25) is 0 Å². The van der Waals surface area contributed by atoms with Crippen LogP contribution in [0.25, 0.3) is 0 Å². The molecule has 1 heterocycles. The molecule has 4 nitrogen and oxygen atoms in total. The average Bonchev–Trinajstić information content (AvgIpc) is 2.93. The van der Waals surface area contributed by atoms with Gasteiger partial charge in [-0.15, -0.1) is 10.2 Å². The van der Waals surface area contributed by atoms with E-state index in [1.165, 1.54) is 32.1 Å². The SMILES string of the molecule is CC(C)CC1(c2nnc(CO)n2C(C)C)CCCC1. The molecule has 1 aliphatic rings. The summed E-state index contributed by atoms with van der Waals surface area (Å²) in [7, 11) is 0. The number of rotatable bonds is 5. The minimum Gasteiger partial charge on any atom is -0.388 e. The average molecular weight is 265 g/mol. The summed E-state index contributed by atoms with van der Waals surface area (Å²) < 4.78 is 2.16. The van der Waals surface area contributed by atoms with Crippen LogP contribution >= 0.6 is 0 Å². The molecule has 2 rings (SSSR count). The van der Waals surface area contributed by atoms with Gasteiger partial charge < -0.3 is 9.67 Å². The van der Waals surface area contributed by atoms with E-state index >= 15 is 0 Å². The first-order valence-electron chi connectivity index (χ1n) is 7.55. The van der Waals surface area contributed by atoms with Crippen LogP contribution in [0.3, 0.4) is 0 Å². The number of aliphatic hydroxyl groups is 1. The summed E-state index contributed by atoms with van der Waals surface area (Å²) in [5.41, 5.74) is 0.179. The highest BCUT2D eigenvalue weighted by Crippen LogP contribution is 2.45. The van der Waals surface area contributed by atoms with E-state index in [-0.39, 0.29) is 12.0 Å². The molecular formula is C15H27N3O. The van der Waals surface area contributed by atoms with Crippen molar-refractivity contribution in [3.05, 3.63) is 11.6 Å². The van der Waals surface area contributed by atoms with Crippen LogP contribution in [0.1, 0.15) is 77.5 Å². The van der Waals surface area contributed by atoms with Crippen LogP contribution in [0.4, 0.5) is 0 Å². The van der Waals surface area contributed by atoms with Crippen LogP contribution in [0, 0.1) is 5.92 Å². The van der Waals surface area contributed by atoms with E-state index in [9.17, 15) is 5.11 Å². The summed E-state index contributed by atoms with van der Waals surface area (Å²) in [6.07, 6.45) is 6.16. The lowest BCUT2D eigenvalue weighted by molar-refractivity contribution is 0.256. The van der Waals surface area contributed by atoms with Gasteiger partial charge in [-0.2, -0.15) is 0 Å². The fourth-order valence-electron chi connectivity index (χ4n) is 3.69. The third-order valence-electron chi connectivity index (χ3n) is 4.26. The Balaban J connectivity index is 2.45. The molecule has 1 aliphatic carbocycles. The second kappa shape index (κ2) is 5.61. The van der Waals surface area contributed by atoms with Gasteiger partial charge in [-0.1, -0.05) is 26.7 Å². The lowest BCUT2D eigenvalue weighted by Gasteiger charge is -2.31. The number of aliphatic hydroxyl groups excluding tert-OH is 1. The van der Waals surface area contributed by atoms with Gasteiger partial charge in [-0.05, 0) is 39.0 Å². The predicted molar refractivity (Wildman–Crippen MR) is 75.9 cm³/mol. The van der Waals surface area contributed by atoms with Gasteiger partial charge in [0, 0.05) is 11.5 Å². The van der Waals surface area contributed by atoms with Gasteiger partial charge in [-0.3, -0.25) is 0 Å². The van der Waals surface area contributed by atoms with Crippen molar-refractivity contribution in [2.45, 2.75) is 77.9 Å². The maximum Gasteiger partial charge on any atom is 0.159 e. The zero-order valence-corrected chi connectivity index (χ0v) is 12.7. The molecule has 1 N–H and O–H groups in total. The lowest BCUT2D eigenvalue weighted by atomic mass is 9.77. The Bertz CT molecular complexity index is 417. The Morgan fingerprint density at radius 2 is 1.79 bits per heavy atom. The number of hydrogen-bond acceptors (Lipinski definition) is 3. The quantitative estimate of drug-likeness (QED) is 0.889. The Kier molecular flexibility index (Phi) is 4.29. The maximum atomic E-state index is 9.47. The van der Waals surface area contributed by atoms with Crippen LogP contribution in [0.5, 0.6) is 0 Å². The zero-order valence-electron chi connectivity index (χ0n) is 12.7. The molecule has 1 saturated carbocycles. The summed E-state index contributed by atoms with van der Waals surface area (Å²) in [5.74, 6) is 2.48. The number of hydrogen-bond donors (Lipinski definition) is 1. The van der Waals surface area contributed by atoms with E-state index in [2.05, 4.69) is 42.5 Å². The lowest BCUT2D eigenvalue weighted by Crippen LogP contribution is -2.30. The molecule has 0 atom stereocenters. The summed E-state index contributed by atoms with van der Waals surface area (Å²) in [4.78, 5) is 0. The van der Waals surface area contributed by atoms with Crippen molar-refractivity contribution in [1.82, 2.24) is 14.8 Å². The monoisotopic (exact) mass is 265 g/mol. The molecule has 0 spiro atoms. The van der Waals surface area contributed by atoms with Crippen LogP contribution in [-0.4, -0.2) is 19.9 Å². The summed E-state index contributed by atoms with van der Waals surface area (Å²) >= 11 is 0. The van der Waals surface area contributed by atoms with Crippen LogP contribution in [-0.2, 0) is 12.0 Å². The molecule has 19 heavy (non-hydrogen) atoms. The van der Waals surface area contributed by atoms with E-state index in [0.29, 0.717) is 17.8 Å². The van der Waals surface area contributed by atoms with Gasteiger partial charge in [0.15, 0.2) is 5.82 Å². The fraction of sp³-hybridized carbons (Fsp3) is 0.867. The minimum absolute atomic E-state index is 0.0249. The standard InChI is InChI=1S/C15H27N3O/c1-11(2)9-15(7-5-6-8-15)14-17-16-13(10-19)18(14)12(3)4/h11-12,19H,5-10H2,1-4H3. The highest BCUT2D eigenvalue weighted by molar-refractivity contribution is 5.14. The van der Waals surface area contributed by atoms with Crippen molar-refractivity contribution in [2.75, 3.05) is 0 Å². The van der Waals surface area contributed by atoms with E-state index in [0.717, 1.165) is 5.82 Å². The first-order chi connectivity index (χ1) is 9.00. The molecule has 0 aromatic carbocycles. The molecular weight excluding hydrogens is 238 g/mol. The third kappa shape index (κ3) is 2.69. The summed E-state index contributed by atoms with van der Waals surface area (Å²) in [6, 6.07) is 0.303. The molecule has 0 amide bonds. The van der Waals surface area contributed by atoms with Gasteiger partial charge in [0.05, 0.1) is 0 Å². The Morgan fingerprint density at radius 1 is 1.16 bits per heavy atom. The van der Waals surface area contributed by atoms with E-state index in [1.807, 2.05) is 0 Å². The molecule has 0 unspecified atom stereocenters. The maximum absolute atomic E-state index is 9.47. The highest BCUT2D eigenvalue weighted by atomic mass is 16.3. The van der Waals surface area contributed by atoms with Crippen molar-refractivity contribution in [3.8, 4) is 0 Å². The molecule has 108 valence electrons. The topological polar surface area (TPSA) is 50.9 Å². The second-order valence-corrected chi connectivity index (χ2v) is 6.65. The van der Waals surface area contributed by atoms with Gasteiger partial charge in [-0.25, -0.2) is 0 Å². The van der Waals surface area contributed by atoms with Gasteiger partial charge >= 0.3 is 0 Å². The van der Waals surface area contributed by atoms with E-state index in [4.69, 9.17) is 0 Å². The molecule has 1 aromatic heterocycles. The van der Waals surface area contributed by atoms with Crippen molar-refractivity contribution in [1.29, 1.82) is 0 Å². The Hall–Kier alpha value is -0.900. The van der Waals surface area contributed by atoms with Gasteiger partial charge in [0.1, 0.15) is 12.4 Å². The minimum atomic E-state index is -0.0249. The molecule has 1 fully saturated rings. The first kappa shape index (κ1) is 14.5. The molecule has 0 bridgehead atoms. The molecule has 0 radical (unpaired) electrons. The highest BCUT2D eigenvalue weighted by Gasteiger charge is 2.41. The van der Waals surface area contributed by atoms with E-state index < -0.39 is 0 Å². The zero-order chi connectivity index (χ0) is 14.0. The molecule has 4 heteroatoms. The third-order valence-corrected chi connectivity index (χ3v) is 4.26. The van der Waals surface area contributed by atoms with Crippen molar-refractivity contribution >= 4 is 0 Å². The summed E-state index contributed by atoms with van der Waals surface area (Å²) in [5, 5.41) is 18.2. The van der Waals surface area contributed by atoms with Gasteiger partial charge in [0.25, 0.3) is 0 Å². The summed E-state index contributed by atoms with van der Waals surface area (Å²) in [6.45, 7) is 8.82. The fourth-order valence-corrected chi connectivity index (χ4v) is 3.69. The van der Waals surface area contributed by atoms with Crippen LogP contribution in [0.15, 0.2) is 0 Å². The van der Waals surface area contributed by atoms with Crippen LogP contribution < -0.4 is 0 Å². The molecule has 0 aliphatic heterocycles. The predicted octanol–water partition coefficient (Wildman–Crippen LogP) is 3.21. The Labute approximate surface area is 116 Å². The first-order valence-corrected chi connectivity index (χ1v) is 7.55. The van der Waals surface area contributed by atoms with Gasteiger partial charge in [0.2, 0.25) is 0 Å². The smallest absolute Gasteiger partial charge is 0.159 e. The Morgan fingerprint density at radius 3 is 2.26 bits per heavy atom. The van der Waals surface area contributed by atoms with Crippen molar-refractivity contribution in [3.63, 3.8) is 0 Å². The normalized spacial score (nSPS) is 18.7. The van der Waals surface area contributed by atoms with E-state index in [1.54, 1.807) is 0 Å². The number of aromatic nitrogens is 3. The molecule has 0 saturated heterocycles. The number of nitrogens with zero attached hydrogens (tertiary/aromatic N) is 3. The second-order valence-electron chi connectivity index (χ2n) is 6.65. The van der Waals surface area contributed by atoms with Crippen molar-refractivity contribution < 1.29 is 5.11 Å².